The number of rotatable bonds is 7. The summed E-state index contributed by atoms with van der Waals surface area (Å²) in [6.45, 7) is 8.09. The van der Waals surface area contributed by atoms with Crippen LogP contribution >= 0.6 is 0 Å². The number of fused-ring (bicyclic) bond motifs is 2. The summed E-state index contributed by atoms with van der Waals surface area (Å²) in [6.07, 6.45) is 7.58. The van der Waals surface area contributed by atoms with Gasteiger partial charge < -0.3 is 4.74 Å². The van der Waals surface area contributed by atoms with Crippen molar-refractivity contribution < 1.29 is 13.9 Å². The van der Waals surface area contributed by atoms with Crippen LogP contribution in [-0.2, 0) is 6.54 Å². The summed E-state index contributed by atoms with van der Waals surface area (Å²) in [4.78, 5) is 23.1. The van der Waals surface area contributed by atoms with Crippen LogP contribution in [0.5, 0.6) is 5.75 Å². The summed E-state index contributed by atoms with van der Waals surface area (Å²) in [7, 11) is 0. The van der Waals surface area contributed by atoms with Crippen LogP contribution in [0.2, 0.25) is 0 Å². The minimum absolute atomic E-state index is 0.183. The molecular formula is C32H41FN4O2. The molecule has 0 radical (unpaired) electrons. The van der Waals surface area contributed by atoms with Gasteiger partial charge in [0.2, 0.25) is 0 Å². The summed E-state index contributed by atoms with van der Waals surface area (Å²) in [6, 6.07) is 15.1. The molecule has 1 spiro atoms. The van der Waals surface area contributed by atoms with E-state index in [2.05, 4.69) is 49.2 Å². The highest BCUT2D eigenvalue weighted by Crippen LogP contribution is 2.47. The Morgan fingerprint density at radius 1 is 1.18 bits per heavy atom. The number of hydrogen-bond acceptors (Lipinski definition) is 4. The van der Waals surface area contributed by atoms with Gasteiger partial charge in [-0.1, -0.05) is 31.5 Å². The summed E-state index contributed by atoms with van der Waals surface area (Å²) >= 11 is 0. The molecule has 4 aliphatic rings. The lowest BCUT2D eigenvalue weighted by Crippen LogP contribution is -2.59. The standard InChI is InChI=1S/C32H41FN4O2/c1-4-22(3)39-28-10-5-7-24(16-28)20-36-14-13-32(19-21(36)2)30(34-29-17-23-11-12-25(29)15-23)35-31(38)37(32)27-9-6-8-26(33)18-27/h5-10,16,18,21-23,25,29H,4,11-15,17,19-20H2,1-3H3,(H,34,35,38)/t21-,22+,23+,25-,29?,32?/m0/s1. The van der Waals surface area contributed by atoms with Crippen molar-refractivity contribution in [3.8, 4) is 5.75 Å². The maximum absolute atomic E-state index is 14.3. The molecule has 0 aromatic heterocycles. The average Bonchev–Trinajstić information content (AvgIpc) is 3.60. The number of halogens is 1. The first kappa shape index (κ1) is 26.3. The summed E-state index contributed by atoms with van der Waals surface area (Å²) in [5.74, 6) is 2.77. The van der Waals surface area contributed by atoms with Crippen LogP contribution in [0.25, 0.3) is 0 Å². The third kappa shape index (κ3) is 5.06. The van der Waals surface area contributed by atoms with E-state index in [4.69, 9.17) is 9.73 Å². The second-order valence-corrected chi connectivity index (χ2v) is 12.3. The number of anilines is 1. The molecule has 6 rings (SSSR count). The number of ether oxygens (including phenoxy) is 1. The Morgan fingerprint density at radius 2 is 2.03 bits per heavy atom. The van der Waals surface area contributed by atoms with Crippen LogP contribution in [-0.4, -0.2) is 47.0 Å². The van der Waals surface area contributed by atoms with Gasteiger partial charge in [-0.2, -0.15) is 0 Å². The Hall–Kier alpha value is -2.93. The largest absolute Gasteiger partial charge is 0.491 e. The zero-order valence-corrected chi connectivity index (χ0v) is 23.4. The van der Waals surface area contributed by atoms with Gasteiger partial charge in [0.1, 0.15) is 22.9 Å². The van der Waals surface area contributed by atoms with E-state index >= 15 is 0 Å². The quantitative estimate of drug-likeness (QED) is 0.440. The molecule has 6 nitrogen and oxygen atoms in total. The molecule has 4 fully saturated rings. The highest BCUT2D eigenvalue weighted by molar-refractivity contribution is 6.19. The second kappa shape index (κ2) is 10.6. The van der Waals surface area contributed by atoms with Crippen LogP contribution in [0.15, 0.2) is 53.5 Å². The molecule has 7 heteroatoms. The van der Waals surface area contributed by atoms with Crippen molar-refractivity contribution >= 4 is 17.6 Å². The first-order chi connectivity index (χ1) is 18.8. The molecule has 2 aromatic rings. The van der Waals surface area contributed by atoms with Crippen molar-refractivity contribution in [2.24, 2.45) is 16.8 Å². The fourth-order valence-corrected chi connectivity index (χ4v) is 7.43. The Kier molecular flexibility index (Phi) is 7.13. The van der Waals surface area contributed by atoms with Gasteiger partial charge >= 0.3 is 6.03 Å². The number of amidine groups is 1. The van der Waals surface area contributed by atoms with Crippen LogP contribution in [0, 0.1) is 17.7 Å². The number of nitrogens with one attached hydrogen (secondary N) is 1. The smallest absolute Gasteiger partial charge is 0.328 e. The normalized spacial score (nSPS) is 32.3. The van der Waals surface area contributed by atoms with Gasteiger partial charge in [0.25, 0.3) is 0 Å². The minimum atomic E-state index is -0.593. The molecule has 1 N–H and O–H groups in total. The number of amides is 2. The van der Waals surface area contributed by atoms with Gasteiger partial charge in [0, 0.05) is 24.8 Å². The maximum Gasteiger partial charge on any atom is 0.328 e. The predicted octanol–water partition coefficient (Wildman–Crippen LogP) is 6.54. The average molecular weight is 533 g/mol. The van der Waals surface area contributed by atoms with E-state index in [-0.39, 0.29) is 30.0 Å². The zero-order valence-electron chi connectivity index (χ0n) is 23.4. The van der Waals surface area contributed by atoms with Crippen LogP contribution < -0.4 is 15.0 Å². The Bertz CT molecular complexity index is 1250. The number of piperidine rings is 1. The van der Waals surface area contributed by atoms with E-state index in [9.17, 15) is 9.18 Å². The zero-order chi connectivity index (χ0) is 27.1. The second-order valence-electron chi connectivity index (χ2n) is 12.3. The highest BCUT2D eigenvalue weighted by Gasteiger charge is 2.55. The van der Waals surface area contributed by atoms with Gasteiger partial charge in [0.15, 0.2) is 0 Å². The molecule has 2 aliphatic heterocycles. The molecule has 2 unspecified atom stereocenters. The van der Waals surface area contributed by atoms with Crippen molar-refractivity contribution in [2.45, 2.75) is 96.0 Å². The summed E-state index contributed by atoms with van der Waals surface area (Å²) in [5, 5.41) is 3.16. The minimum Gasteiger partial charge on any atom is -0.491 e. The molecule has 2 heterocycles. The van der Waals surface area contributed by atoms with Gasteiger partial charge in [0.05, 0.1) is 12.1 Å². The number of carbonyl (C=O) groups is 1. The monoisotopic (exact) mass is 532 g/mol. The molecule has 6 atom stereocenters. The highest BCUT2D eigenvalue weighted by atomic mass is 19.1. The van der Waals surface area contributed by atoms with Crippen molar-refractivity contribution in [2.75, 3.05) is 11.4 Å². The lowest BCUT2D eigenvalue weighted by atomic mass is 9.81. The molecule has 2 saturated heterocycles. The van der Waals surface area contributed by atoms with E-state index in [1.165, 1.54) is 37.0 Å². The Labute approximate surface area is 231 Å². The number of benzene rings is 2. The molecule has 2 saturated carbocycles. The van der Waals surface area contributed by atoms with Crippen molar-refractivity contribution in [3.63, 3.8) is 0 Å². The third-order valence-electron chi connectivity index (χ3n) is 9.62. The fourth-order valence-electron chi connectivity index (χ4n) is 7.43. The first-order valence-electron chi connectivity index (χ1n) is 14.8. The summed E-state index contributed by atoms with van der Waals surface area (Å²) < 4.78 is 20.4. The molecule has 2 aromatic carbocycles. The Morgan fingerprint density at radius 3 is 2.74 bits per heavy atom. The number of urea groups is 1. The molecule has 2 amide bonds. The molecule has 39 heavy (non-hydrogen) atoms. The van der Waals surface area contributed by atoms with Gasteiger partial charge in [-0.3, -0.25) is 20.1 Å². The number of nitrogens with zero attached hydrogens (tertiary/aromatic N) is 3. The third-order valence-corrected chi connectivity index (χ3v) is 9.62. The van der Waals surface area contributed by atoms with Crippen LogP contribution in [0.1, 0.15) is 71.3 Å². The lowest BCUT2D eigenvalue weighted by Gasteiger charge is -2.47. The van der Waals surface area contributed by atoms with Gasteiger partial charge in [-0.15, -0.1) is 0 Å². The van der Waals surface area contributed by atoms with E-state index in [0.29, 0.717) is 11.6 Å². The number of carbonyl (C=O) groups excluding carboxylic acids is 1. The molecular weight excluding hydrogens is 491 g/mol. The van der Waals surface area contributed by atoms with Crippen molar-refractivity contribution in [1.82, 2.24) is 10.2 Å². The van der Waals surface area contributed by atoms with E-state index < -0.39 is 5.54 Å². The summed E-state index contributed by atoms with van der Waals surface area (Å²) in [5.41, 5.74) is 1.22. The number of hydrogen-bond donors (Lipinski definition) is 1. The lowest BCUT2D eigenvalue weighted by molar-refractivity contribution is 0.123. The number of likely N-dealkylation sites (tertiary alicyclic amines) is 1. The van der Waals surface area contributed by atoms with Crippen LogP contribution in [0.4, 0.5) is 14.9 Å². The first-order valence-corrected chi connectivity index (χ1v) is 14.8. The van der Waals surface area contributed by atoms with Crippen LogP contribution in [0.3, 0.4) is 0 Å². The van der Waals surface area contributed by atoms with Gasteiger partial charge in [-0.25, -0.2) is 9.18 Å². The molecule has 2 bridgehead atoms. The van der Waals surface area contributed by atoms with Crippen molar-refractivity contribution in [3.05, 3.63) is 59.9 Å². The van der Waals surface area contributed by atoms with Crippen molar-refractivity contribution in [1.29, 1.82) is 0 Å². The fraction of sp³-hybridized carbons (Fsp3) is 0.562. The topological polar surface area (TPSA) is 57.2 Å². The SMILES string of the molecule is CC[C@@H](C)Oc1cccc(CN2CCC3(C[C@@H]2C)C(=NC2C[C@@H]4CC[C@H]2C4)NC(=O)N3c2cccc(F)c2)c1. The number of aliphatic imine (C=N–C) groups is 1. The maximum atomic E-state index is 14.3. The molecule has 2 aliphatic carbocycles. The van der Waals surface area contributed by atoms with E-state index in [1.54, 1.807) is 11.0 Å². The Balaban J connectivity index is 1.27. The van der Waals surface area contributed by atoms with Gasteiger partial charge in [-0.05, 0) is 100 Å². The van der Waals surface area contributed by atoms with E-state index in [0.717, 1.165) is 56.3 Å². The predicted molar refractivity (Wildman–Crippen MR) is 153 cm³/mol. The molecule has 208 valence electrons. The van der Waals surface area contributed by atoms with E-state index in [1.807, 2.05) is 12.1 Å².